The number of carbonyl (C=O) groups excluding carboxylic acids is 2. The van der Waals surface area contributed by atoms with Gasteiger partial charge in [-0.25, -0.2) is 9.36 Å². The van der Waals surface area contributed by atoms with E-state index >= 15 is 0 Å². The van der Waals surface area contributed by atoms with Crippen molar-refractivity contribution in [2.75, 3.05) is 6.54 Å². The van der Waals surface area contributed by atoms with Gasteiger partial charge in [-0.3, -0.25) is 19.0 Å². The summed E-state index contributed by atoms with van der Waals surface area (Å²) in [7, 11) is 0. The highest BCUT2D eigenvalue weighted by atomic mass is 35.5. The molecule has 172 valence electrons. The Morgan fingerprint density at radius 3 is 2.41 bits per heavy atom. The second-order valence-electron chi connectivity index (χ2n) is 8.15. The van der Waals surface area contributed by atoms with Crippen LogP contribution in [0, 0.1) is 0 Å². The summed E-state index contributed by atoms with van der Waals surface area (Å²) >= 11 is 7.25. The molecule has 2 aromatic carbocycles. The van der Waals surface area contributed by atoms with Gasteiger partial charge in [-0.15, -0.1) is 11.3 Å². The Balaban J connectivity index is 1.74. The highest BCUT2D eigenvalue weighted by Gasteiger charge is 2.28. The van der Waals surface area contributed by atoms with Crippen LogP contribution < -0.4 is 11.2 Å². The van der Waals surface area contributed by atoms with Gasteiger partial charge in [0.2, 0.25) is 5.91 Å². The van der Waals surface area contributed by atoms with Crippen molar-refractivity contribution in [3.05, 3.63) is 96.5 Å². The Bertz CT molecular complexity index is 1550. The van der Waals surface area contributed by atoms with E-state index < -0.39 is 11.2 Å². The average Bonchev–Trinajstić information content (AvgIpc) is 3.22. The fourth-order valence-electron chi connectivity index (χ4n) is 4.29. The van der Waals surface area contributed by atoms with E-state index in [0.29, 0.717) is 46.0 Å². The molecule has 0 N–H and O–H groups in total. The number of hydrogen-bond acceptors (Lipinski definition) is 5. The Kier molecular flexibility index (Phi) is 5.71. The summed E-state index contributed by atoms with van der Waals surface area (Å²) in [6, 6.07) is 15.2. The van der Waals surface area contributed by atoms with Crippen LogP contribution in [0.1, 0.15) is 27.7 Å². The fraction of sp³-hybridized carbons (Fsp3) is 0.200. The minimum absolute atomic E-state index is 0.0416. The second-order valence-corrected chi connectivity index (χ2v) is 9.67. The lowest BCUT2D eigenvalue weighted by Gasteiger charge is -2.25. The van der Waals surface area contributed by atoms with E-state index in [1.54, 1.807) is 59.5 Å². The second kappa shape index (κ2) is 8.70. The van der Waals surface area contributed by atoms with Gasteiger partial charge >= 0.3 is 5.69 Å². The largest absolute Gasteiger partial charge is 0.337 e. The number of rotatable bonds is 4. The maximum absolute atomic E-state index is 13.6. The quantitative estimate of drug-likeness (QED) is 0.406. The summed E-state index contributed by atoms with van der Waals surface area (Å²) in [4.78, 5) is 55.3. The van der Waals surface area contributed by atoms with Gasteiger partial charge in [0.05, 0.1) is 24.2 Å². The van der Waals surface area contributed by atoms with E-state index in [9.17, 15) is 19.2 Å². The van der Waals surface area contributed by atoms with Gasteiger partial charge in [0.25, 0.3) is 5.56 Å². The first-order valence-corrected chi connectivity index (χ1v) is 11.9. The number of nitrogens with zero attached hydrogens (tertiary/aromatic N) is 3. The molecule has 0 saturated heterocycles. The SMILES string of the molecule is CC(=O)N1CCc2c(sc3c2c(=O)n(-c2ccccc2)c(=O)n3CC(=O)c2ccc(Cl)cc2)C1. The molecule has 1 aliphatic heterocycles. The van der Waals surface area contributed by atoms with Gasteiger partial charge in [-0.1, -0.05) is 29.8 Å². The number of para-hydroxylation sites is 1. The van der Waals surface area contributed by atoms with E-state index in [-0.39, 0.29) is 18.2 Å². The van der Waals surface area contributed by atoms with Gasteiger partial charge in [0.15, 0.2) is 5.78 Å². The van der Waals surface area contributed by atoms with Crippen LogP contribution in [-0.2, 0) is 24.3 Å². The molecule has 0 saturated carbocycles. The Hall–Kier alpha value is -3.49. The van der Waals surface area contributed by atoms with Crippen LogP contribution in [0.3, 0.4) is 0 Å². The molecule has 34 heavy (non-hydrogen) atoms. The molecule has 9 heteroatoms. The first kappa shape index (κ1) is 22.3. The first-order chi connectivity index (χ1) is 16.3. The molecule has 5 rings (SSSR count). The molecule has 0 aliphatic carbocycles. The minimum Gasteiger partial charge on any atom is -0.337 e. The number of benzene rings is 2. The molecule has 2 aromatic heterocycles. The normalized spacial score (nSPS) is 13.2. The summed E-state index contributed by atoms with van der Waals surface area (Å²) < 4.78 is 2.50. The fourth-order valence-corrected chi connectivity index (χ4v) is 5.76. The topological polar surface area (TPSA) is 81.4 Å². The lowest BCUT2D eigenvalue weighted by Crippen LogP contribution is -2.40. The number of amides is 1. The monoisotopic (exact) mass is 493 g/mol. The van der Waals surface area contributed by atoms with Gasteiger partial charge in [0.1, 0.15) is 4.83 Å². The molecule has 0 radical (unpaired) electrons. The summed E-state index contributed by atoms with van der Waals surface area (Å²) in [5, 5.41) is 0.949. The first-order valence-electron chi connectivity index (χ1n) is 10.7. The maximum atomic E-state index is 13.6. The third-order valence-corrected chi connectivity index (χ3v) is 7.54. The van der Waals surface area contributed by atoms with Crippen molar-refractivity contribution in [3.8, 4) is 5.69 Å². The van der Waals surface area contributed by atoms with E-state index in [4.69, 9.17) is 11.6 Å². The summed E-state index contributed by atoms with van der Waals surface area (Å²) in [6.07, 6.45) is 0.516. The highest BCUT2D eigenvalue weighted by molar-refractivity contribution is 7.18. The van der Waals surface area contributed by atoms with Crippen molar-refractivity contribution < 1.29 is 9.59 Å². The number of Topliss-reactive ketones (excluding diaryl/α,β-unsaturated/α-hetero) is 1. The van der Waals surface area contributed by atoms with Crippen LogP contribution in [0.25, 0.3) is 15.9 Å². The molecule has 0 spiro atoms. The minimum atomic E-state index is -0.576. The van der Waals surface area contributed by atoms with E-state index in [1.165, 1.54) is 22.8 Å². The molecule has 1 amide bonds. The third-order valence-electron chi connectivity index (χ3n) is 6.05. The number of thiophene rings is 1. The number of halogens is 1. The molecule has 3 heterocycles. The van der Waals surface area contributed by atoms with Gasteiger partial charge in [0, 0.05) is 28.9 Å². The molecule has 0 atom stereocenters. The van der Waals surface area contributed by atoms with Crippen molar-refractivity contribution in [1.29, 1.82) is 0 Å². The molecular formula is C25H20ClN3O4S. The highest BCUT2D eigenvalue weighted by Crippen LogP contribution is 2.33. The van der Waals surface area contributed by atoms with Crippen LogP contribution in [0.15, 0.2) is 64.2 Å². The number of carbonyl (C=O) groups is 2. The van der Waals surface area contributed by atoms with Crippen molar-refractivity contribution >= 4 is 44.8 Å². The van der Waals surface area contributed by atoms with Crippen molar-refractivity contribution in [2.45, 2.75) is 26.4 Å². The van der Waals surface area contributed by atoms with E-state index in [1.807, 2.05) is 0 Å². The smallest absolute Gasteiger partial charge is 0.337 e. The van der Waals surface area contributed by atoms with Crippen LogP contribution in [0.4, 0.5) is 0 Å². The Labute approximate surface area is 203 Å². The summed E-state index contributed by atoms with van der Waals surface area (Å²) in [6.45, 7) is 2.18. The lowest BCUT2D eigenvalue weighted by atomic mass is 10.1. The lowest BCUT2D eigenvalue weighted by molar-refractivity contribution is -0.129. The zero-order valence-corrected chi connectivity index (χ0v) is 19.9. The maximum Gasteiger partial charge on any atom is 0.337 e. The summed E-state index contributed by atoms with van der Waals surface area (Å²) in [5.41, 5.74) is 0.724. The number of fused-ring (bicyclic) bond motifs is 3. The molecule has 1 aliphatic rings. The van der Waals surface area contributed by atoms with Crippen molar-refractivity contribution in [1.82, 2.24) is 14.0 Å². The van der Waals surface area contributed by atoms with Crippen LogP contribution in [-0.4, -0.2) is 32.3 Å². The van der Waals surface area contributed by atoms with Crippen LogP contribution in [0.5, 0.6) is 0 Å². The molecule has 7 nitrogen and oxygen atoms in total. The van der Waals surface area contributed by atoms with Crippen molar-refractivity contribution in [3.63, 3.8) is 0 Å². The Morgan fingerprint density at radius 2 is 1.74 bits per heavy atom. The zero-order valence-electron chi connectivity index (χ0n) is 18.3. The molecule has 0 fully saturated rings. The average molecular weight is 494 g/mol. The number of ketones is 1. The van der Waals surface area contributed by atoms with Crippen LogP contribution in [0.2, 0.25) is 5.02 Å². The van der Waals surface area contributed by atoms with Crippen LogP contribution >= 0.6 is 22.9 Å². The standard InChI is InChI=1S/C25H20ClN3O4S/c1-15(30)27-12-11-19-21(14-27)34-24-22(19)23(32)29(18-5-3-2-4-6-18)25(33)28(24)13-20(31)16-7-9-17(26)10-8-16/h2-10H,11-14H2,1H3. The predicted molar refractivity (Wildman–Crippen MR) is 132 cm³/mol. The third kappa shape index (κ3) is 3.78. The van der Waals surface area contributed by atoms with E-state index in [0.717, 1.165) is 15.0 Å². The Morgan fingerprint density at radius 1 is 1.03 bits per heavy atom. The molecule has 0 bridgehead atoms. The summed E-state index contributed by atoms with van der Waals surface area (Å²) in [5.74, 6) is -0.310. The van der Waals surface area contributed by atoms with E-state index in [2.05, 4.69) is 0 Å². The zero-order chi connectivity index (χ0) is 24.0. The van der Waals surface area contributed by atoms with Gasteiger partial charge in [-0.05, 0) is 48.4 Å². The van der Waals surface area contributed by atoms with Crippen molar-refractivity contribution in [2.24, 2.45) is 0 Å². The molecular weight excluding hydrogens is 474 g/mol. The molecule has 4 aromatic rings. The molecule has 0 unspecified atom stereocenters. The predicted octanol–water partition coefficient (Wildman–Crippen LogP) is 3.65. The number of hydrogen-bond donors (Lipinski definition) is 0. The van der Waals surface area contributed by atoms with Gasteiger partial charge in [-0.2, -0.15) is 0 Å². The van der Waals surface area contributed by atoms with Gasteiger partial charge < -0.3 is 4.90 Å². The number of aromatic nitrogens is 2.